The van der Waals surface area contributed by atoms with Gasteiger partial charge in [0.2, 0.25) is 0 Å². The minimum absolute atomic E-state index is 0.291. The number of rotatable bonds is 6. The lowest BCUT2D eigenvalue weighted by atomic mass is 10.2. The van der Waals surface area contributed by atoms with E-state index in [0.717, 1.165) is 30.0 Å². The van der Waals surface area contributed by atoms with Gasteiger partial charge in [0.25, 0.3) is 0 Å². The van der Waals surface area contributed by atoms with E-state index in [1.165, 1.54) is 0 Å². The summed E-state index contributed by atoms with van der Waals surface area (Å²) in [6.07, 6.45) is 8.83. The Morgan fingerprint density at radius 1 is 1.16 bits per heavy atom. The fraction of sp³-hybridized carbons (Fsp3) is 0.188. The van der Waals surface area contributed by atoms with E-state index in [2.05, 4.69) is 16.2 Å². The number of terminal acetylenes is 1. The van der Waals surface area contributed by atoms with Crippen LogP contribution in [0, 0.1) is 12.3 Å². The van der Waals surface area contributed by atoms with Crippen LogP contribution in [0.5, 0.6) is 5.75 Å². The maximum absolute atomic E-state index is 5.50. The van der Waals surface area contributed by atoms with Crippen LogP contribution in [-0.2, 0) is 13.1 Å². The molecule has 0 radical (unpaired) electrons. The zero-order valence-electron chi connectivity index (χ0n) is 10.7. The van der Waals surface area contributed by atoms with Crippen molar-refractivity contribution in [1.29, 1.82) is 0 Å². The molecular formula is C16H16N2O. The van der Waals surface area contributed by atoms with Crippen molar-refractivity contribution in [3.63, 3.8) is 0 Å². The monoisotopic (exact) mass is 252 g/mol. The van der Waals surface area contributed by atoms with Crippen molar-refractivity contribution in [1.82, 2.24) is 10.3 Å². The molecule has 1 N–H and O–H groups in total. The topological polar surface area (TPSA) is 34.1 Å². The van der Waals surface area contributed by atoms with Gasteiger partial charge < -0.3 is 10.1 Å². The number of nitrogens with zero attached hydrogens (tertiary/aromatic N) is 1. The van der Waals surface area contributed by atoms with Crippen LogP contribution in [0.15, 0.2) is 48.8 Å². The fourth-order valence-electron chi connectivity index (χ4n) is 1.75. The minimum Gasteiger partial charge on any atom is -0.481 e. The molecule has 1 aromatic heterocycles. The Labute approximate surface area is 113 Å². The molecule has 0 unspecified atom stereocenters. The molecule has 3 nitrogen and oxygen atoms in total. The number of aromatic nitrogens is 1. The predicted octanol–water partition coefficient (Wildman–Crippen LogP) is 2.38. The molecule has 0 atom stereocenters. The lowest BCUT2D eigenvalue weighted by molar-refractivity contribution is 0.365. The van der Waals surface area contributed by atoms with Crippen LogP contribution in [0.1, 0.15) is 11.1 Å². The number of ether oxygens (including phenoxy) is 1. The molecule has 0 bridgehead atoms. The molecule has 0 aliphatic heterocycles. The smallest absolute Gasteiger partial charge is 0.148 e. The molecule has 0 saturated carbocycles. The Morgan fingerprint density at radius 2 is 2.05 bits per heavy atom. The van der Waals surface area contributed by atoms with Gasteiger partial charge in [-0.3, -0.25) is 4.98 Å². The highest BCUT2D eigenvalue weighted by Crippen LogP contribution is 2.17. The molecule has 1 aromatic carbocycles. The van der Waals surface area contributed by atoms with E-state index < -0.39 is 0 Å². The molecule has 3 heteroatoms. The molecule has 19 heavy (non-hydrogen) atoms. The Kier molecular flexibility index (Phi) is 4.97. The number of hydrogen-bond acceptors (Lipinski definition) is 3. The van der Waals surface area contributed by atoms with Crippen molar-refractivity contribution in [2.45, 2.75) is 13.1 Å². The fourth-order valence-corrected chi connectivity index (χ4v) is 1.75. The zero-order chi connectivity index (χ0) is 13.3. The quantitative estimate of drug-likeness (QED) is 0.801. The van der Waals surface area contributed by atoms with Gasteiger partial charge >= 0.3 is 0 Å². The number of hydrogen-bond donors (Lipinski definition) is 1. The van der Waals surface area contributed by atoms with Gasteiger partial charge in [0, 0.05) is 31.0 Å². The first-order valence-electron chi connectivity index (χ1n) is 6.14. The molecule has 0 fully saturated rings. The zero-order valence-corrected chi connectivity index (χ0v) is 10.7. The van der Waals surface area contributed by atoms with Gasteiger partial charge in [-0.15, -0.1) is 6.42 Å². The highest BCUT2D eigenvalue weighted by molar-refractivity contribution is 5.33. The molecule has 1 heterocycles. The highest BCUT2D eigenvalue weighted by atomic mass is 16.5. The molecule has 0 spiro atoms. The molecule has 0 aliphatic carbocycles. The summed E-state index contributed by atoms with van der Waals surface area (Å²) in [5.74, 6) is 3.31. The lowest BCUT2D eigenvalue weighted by Crippen LogP contribution is -2.13. The average Bonchev–Trinajstić information content (AvgIpc) is 2.47. The Hall–Kier alpha value is -2.31. The predicted molar refractivity (Wildman–Crippen MR) is 75.6 cm³/mol. The third-order valence-electron chi connectivity index (χ3n) is 2.65. The number of benzene rings is 1. The van der Waals surface area contributed by atoms with Crippen molar-refractivity contribution in [3.8, 4) is 18.1 Å². The summed E-state index contributed by atoms with van der Waals surface area (Å²) < 4.78 is 5.50. The summed E-state index contributed by atoms with van der Waals surface area (Å²) in [6.45, 7) is 1.80. The Balaban J connectivity index is 1.90. The summed E-state index contributed by atoms with van der Waals surface area (Å²) in [5.41, 5.74) is 2.26. The van der Waals surface area contributed by atoms with E-state index in [0.29, 0.717) is 6.61 Å². The van der Waals surface area contributed by atoms with Crippen LogP contribution < -0.4 is 10.1 Å². The molecular weight excluding hydrogens is 236 g/mol. The molecule has 2 aromatic rings. The van der Waals surface area contributed by atoms with E-state index in [4.69, 9.17) is 11.2 Å². The van der Waals surface area contributed by atoms with E-state index in [1.807, 2.05) is 42.6 Å². The highest BCUT2D eigenvalue weighted by Gasteiger charge is 2.02. The van der Waals surface area contributed by atoms with E-state index in [9.17, 15) is 0 Å². The maximum Gasteiger partial charge on any atom is 0.148 e. The number of para-hydroxylation sites is 1. The maximum atomic E-state index is 5.50. The summed E-state index contributed by atoms with van der Waals surface area (Å²) in [4.78, 5) is 4.08. The first-order valence-corrected chi connectivity index (χ1v) is 6.14. The second kappa shape index (κ2) is 7.20. The lowest BCUT2D eigenvalue weighted by Gasteiger charge is -2.10. The molecule has 0 saturated heterocycles. The van der Waals surface area contributed by atoms with Crippen molar-refractivity contribution < 1.29 is 4.74 Å². The van der Waals surface area contributed by atoms with Gasteiger partial charge in [-0.25, -0.2) is 0 Å². The summed E-state index contributed by atoms with van der Waals surface area (Å²) in [5, 5.41) is 3.36. The minimum atomic E-state index is 0.291. The number of nitrogens with one attached hydrogen (secondary N) is 1. The van der Waals surface area contributed by atoms with Crippen LogP contribution in [0.4, 0.5) is 0 Å². The second-order valence-electron chi connectivity index (χ2n) is 4.07. The van der Waals surface area contributed by atoms with E-state index >= 15 is 0 Å². The first kappa shape index (κ1) is 13.1. The standard InChI is InChI=1S/C16H16N2O/c1-2-10-19-16-8-4-3-7-15(16)13-18-12-14-6-5-9-17-11-14/h1,3-9,11,18H,10,12-13H2. The van der Waals surface area contributed by atoms with Crippen molar-refractivity contribution in [3.05, 3.63) is 59.9 Å². The van der Waals surface area contributed by atoms with Gasteiger partial charge in [-0.1, -0.05) is 30.2 Å². The summed E-state index contributed by atoms with van der Waals surface area (Å²) in [7, 11) is 0. The Morgan fingerprint density at radius 3 is 2.84 bits per heavy atom. The summed E-state index contributed by atoms with van der Waals surface area (Å²) in [6, 6.07) is 11.9. The third kappa shape index (κ3) is 4.13. The summed E-state index contributed by atoms with van der Waals surface area (Å²) >= 11 is 0. The number of pyridine rings is 1. The van der Waals surface area contributed by atoms with Crippen molar-refractivity contribution >= 4 is 0 Å². The van der Waals surface area contributed by atoms with Crippen molar-refractivity contribution in [2.24, 2.45) is 0 Å². The average molecular weight is 252 g/mol. The van der Waals surface area contributed by atoms with E-state index in [1.54, 1.807) is 6.20 Å². The largest absolute Gasteiger partial charge is 0.481 e. The van der Waals surface area contributed by atoms with Crippen LogP contribution in [0.2, 0.25) is 0 Å². The van der Waals surface area contributed by atoms with Gasteiger partial charge in [-0.2, -0.15) is 0 Å². The SMILES string of the molecule is C#CCOc1ccccc1CNCc1cccnc1. The van der Waals surface area contributed by atoms with Gasteiger partial charge in [-0.05, 0) is 17.7 Å². The molecule has 96 valence electrons. The van der Waals surface area contributed by atoms with Gasteiger partial charge in [0.05, 0.1) is 0 Å². The van der Waals surface area contributed by atoms with Crippen LogP contribution >= 0.6 is 0 Å². The van der Waals surface area contributed by atoms with Crippen LogP contribution in [-0.4, -0.2) is 11.6 Å². The molecule has 0 amide bonds. The third-order valence-corrected chi connectivity index (χ3v) is 2.65. The first-order chi connectivity index (χ1) is 9.40. The Bertz CT molecular complexity index is 546. The van der Waals surface area contributed by atoms with E-state index in [-0.39, 0.29) is 0 Å². The molecule has 0 aliphatic rings. The normalized spacial score (nSPS) is 9.84. The van der Waals surface area contributed by atoms with Crippen molar-refractivity contribution in [2.75, 3.05) is 6.61 Å². The van der Waals surface area contributed by atoms with Crippen LogP contribution in [0.25, 0.3) is 0 Å². The van der Waals surface area contributed by atoms with Gasteiger partial charge in [0.1, 0.15) is 12.4 Å². The van der Waals surface area contributed by atoms with Gasteiger partial charge in [0.15, 0.2) is 0 Å². The van der Waals surface area contributed by atoms with Crippen LogP contribution in [0.3, 0.4) is 0 Å². The second-order valence-corrected chi connectivity index (χ2v) is 4.07. The molecule has 2 rings (SSSR count).